The van der Waals surface area contributed by atoms with E-state index in [1.54, 1.807) is 38.1 Å². The van der Waals surface area contributed by atoms with Crippen LogP contribution < -0.4 is 10.2 Å². The molecule has 1 aliphatic heterocycles. The molecule has 2 heterocycles. The van der Waals surface area contributed by atoms with Gasteiger partial charge in [-0.05, 0) is 37.6 Å². The molecule has 1 unspecified atom stereocenters. The first kappa shape index (κ1) is 24.6. The Balaban J connectivity index is 1.82. The molecule has 4 rings (SSSR count). The van der Waals surface area contributed by atoms with Gasteiger partial charge in [0.2, 0.25) is 0 Å². The van der Waals surface area contributed by atoms with Gasteiger partial charge in [0.15, 0.2) is 11.5 Å². The van der Waals surface area contributed by atoms with Gasteiger partial charge in [0.05, 0.1) is 22.6 Å². The summed E-state index contributed by atoms with van der Waals surface area (Å²) in [5.41, 5.74) is 0.494. The topological polar surface area (TPSA) is 78.3 Å². The minimum Gasteiger partial charge on any atom is -0.478 e. The van der Waals surface area contributed by atoms with Crippen molar-refractivity contribution in [2.45, 2.75) is 44.8 Å². The maximum atomic E-state index is 13.9. The van der Waals surface area contributed by atoms with Gasteiger partial charge < -0.3 is 15.3 Å². The fraction of sp³-hybridized carbons (Fsp3) is 0.375. The minimum absolute atomic E-state index is 0.0126. The molecule has 0 bridgehead atoms. The van der Waals surface area contributed by atoms with E-state index < -0.39 is 48.5 Å². The van der Waals surface area contributed by atoms with E-state index in [1.165, 1.54) is 17.0 Å². The quantitative estimate of drug-likeness (QED) is 0.420. The largest absolute Gasteiger partial charge is 0.478 e. The monoisotopic (exact) mass is 494 g/mol. The zero-order valence-electron chi connectivity index (χ0n) is 19.0. The number of carboxylic acids is 1. The predicted molar refractivity (Wildman–Crippen MR) is 121 cm³/mol. The van der Waals surface area contributed by atoms with Crippen LogP contribution in [0.25, 0.3) is 11.0 Å². The average molecular weight is 494 g/mol. The molecule has 2 aromatic carbocycles. The van der Waals surface area contributed by atoms with Gasteiger partial charge >= 0.3 is 12.1 Å². The van der Waals surface area contributed by atoms with Crippen molar-refractivity contribution in [2.24, 2.45) is 0 Å². The number of carbonyl (C=O) groups is 1. The molecule has 1 atom stereocenters. The first-order valence-corrected chi connectivity index (χ1v) is 11.0. The predicted octanol–water partition coefficient (Wildman–Crippen LogP) is 6.06. The molecule has 35 heavy (non-hydrogen) atoms. The van der Waals surface area contributed by atoms with Crippen LogP contribution in [0.2, 0.25) is 0 Å². The number of aromatic carboxylic acids is 1. The lowest BCUT2D eigenvalue weighted by Crippen LogP contribution is -2.41. The number of aromatic nitrogens is 2. The number of hydrogen-bond acceptors (Lipinski definition) is 5. The fourth-order valence-corrected chi connectivity index (χ4v) is 4.22. The van der Waals surface area contributed by atoms with Crippen LogP contribution in [-0.4, -0.2) is 40.1 Å². The number of para-hydroxylation sites is 1. The van der Waals surface area contributed by atoms with Gasteiger partial charge in [0.25, 0.3) is 5.92 Å². The number of fused-ring (bicyclic) bond motifs is 1. The lowest BCUT2D eigenvalue weighted by Gasteiger charge is -2.33. The number of halogens is 5. The Bertz CT molecular complexity index is 1270. The third-order valence-corrected chi connectivity index (χ3v) is 5.98. The highest BCUT2D eigenvalue weighted by atomic mass is 19.4. The SMILES string of the molecule is Cc1cc(C(C)Nc2ccccc2C(=O)O)c2nc(N3CCC(F)(F)CC3)c(C(F)(F)F)nc2c1. The number of carboxylic acid groups (broad SMARTS) is 1. The maximum Gasteiger partial charge on any atom is 0.437 e. The second-order valence-electron chi connectivity index (χ2n) is 8.68. The summed E-state index contributed by atoms with van der Waals surface area (Å²) in [7, 11) is 0. The van der Waals surface area contributed by atoms with Gasteiger partial charge in [-0.25, -0.2) is 23.5 Å². The molecule has 6 nitrogen and oxygen atoms in total. The van der Waals surface area contributed by atoms with Gasteiger partial charge in [0, 0.05) is 37.2 Å². The standard InChI is InChI=1S/C24H23F5N4O2/c1-13-11-16(14(2)30-17-6-4-3-5-15(17)22(34)35)19-18(12-13)31-20(24(27,28)29)21(32-19)33-9-7-23(25,26)8-10-33/h3-6,11-12,14,30H,7-10H2,1-2H3,(H,34,35). The van der Waals surface area contributed by atoms with Gasteiger partial charge in [0.1, 0.15) is 0 Å². The Hall–Kier alpha value is -3.50. The summed E-state index contributed by atoms with van der Waals surface area (Å²) in [6, 6.07) is 8.93. The Morgan fingerprint density at radius 1 is 1.14 bits per heavy atom. The second-order valence-corrected chi connectivity index (χ2v) is 8.68. The molecule has 3 aromatic rings. The van der Waals surface area contributed by atoms with Crippen LogP contribution in [-0.2, 0) is 6.18 Å². The average Bonchev–Trinajstić information content (AvgIpc) is 2.77. The lowest BCUT2D eigenvalue weighted by atomic mass is 10.0. The van der Waals surface area contributed by atoms with E-state index in [9.17, 15) is 31.9 Å². The van der Waals surface area contributed by atoms with E-state index in [1.807, 2.05) is 0 Å². The van der Waals surface area contributed by atoms with E-state index in [0.717, 1.165) is 0 Å². The van der Waals surface area contributed by atoms with Crippen molar-refractivity contribution in [2.75, 3.05) is 23.3 Å². The van der Waals surface area contributed by atoms with Crippen molar-refractivity contribution >= 4 is 28.5 Å². The van der Waals surface area contributed by atoms with Crippen LogP contribution in [0.4, 0.5) is 33.5 Å². The van der Waals surface area contributed by atoms with Gasteiger partial charge in [-0.15, -0.1) is 0 Å². The number of hydrogen-bond donors (Lipinski definition) is 2. The Labute approximate surface area is 197 Å². The molecule has 1 aromatic heterocycles. The molecular weight excluding hydrogens is 471 g/mol. The van der Waals surface area contributed by atoms with Crippen LogP contribution in [0.15, 0.2) is 36.4 Å². The molecule has 11 heteroatoms. The molecule has 2 N–H and O–H groups in total. The molecule has 0 aliphatic carbocycles. The minimum atomic E-state index is -4.83. The number of anilines is 2. The molecule has 1 aliphatic rings. The molecule has 186 valence electrons. The number of piperidine rings is 1. The van der Waals surface area contributed by atoms with Crippen LogP contribution in [0.3, 0.4) is 0 Å². The number of benzene rings is 2. The molecule has 0 amide bonds. The Morgan fingerprint density at radius 3 is 2.43 bits per heavy atom. The Morgan fingerprint density at radius 2 is 1.80 bits per heavy atom. The normalized spacial score (nSPS) is 16.8. The van der Waals surface area contributed by atoms with Crippen molar-refractivity contribution in [1.82, 2.24) is 9.97 Å². The summed E-state index contributed by atoms with van der Waals surface area (Å²) in [5, 5.41) is 12.6. The molecule has 0 saturated carbocycles. The summed E-state index contributed by atoms with van der Waals surface area (Å²) in [6.45, 7) is 2.87. The highest BCUT2D eigenvalue weighted by Gasteiger charge is 2.41. The maximum absolute atomic E-state index is 13.9. The van der Waals surface area contributed by atoms with Crippen molar-refractivity contribution in [3.63, 3.8) is 0 Å². The number of nitrogens with zero attached hydrogens (tertiary/aromatic N) is 3. The van der Waals surface area contributed by atoms with Crippen LogP contribution in [0.5, 0.6) is 0 Å². The third kappa shape index (κ3) is 5.13. The second kappa shape index (κ2) is 8.94. The third-order valence-electron chi connectivity index (χ3n) is 5.98. The van der Waals surface area contributed by atoms with E-state index in [2.05, 4.69) is 15.3 Å². The van der Waals surface area contributed by atoms with Crippen LogP contribution >= 0.6 is 0 Å². The van der Waals surface area contributed by atoms with Crippen LogP contribution in [0, 0.1) is 6.92 Å². The van der Waals surface area contributed by atoms with E-state index >= 15 is 0 Å². The number of aryl methyl sites for hydroxylation is 1. The first-order chi connectivity index (χ1) is 16.4. The molecule has 1 fully saturated rings. The first-order valence-electron chi connectivity index (χ1n) is 11.0. The zero-order valence-corrected chi connectivity index (χ0v) is 19.0. The van der Waals surface area contributed by atoms with E-state index in [-0.39, 0.29) is 29.7 Å². The smallest absolute Gasteiger partial charge is 0.437 e. The zero-order chi connectivity index (χ0) is 25.5. The highest BCUT2D eigenvalue weighted by Crippen LogP contribution is 2.39. The van der Waals surface area contributed by atoms with Crippen LogP contribution in [0.1, 0.15) is 53.0 Å². The number of nitrogens with one attached hydrogen (secondary N) is 1. The fourth-order valence-electron chi connectivity index (χ4n) is 4.22. The molecule has 0 radical (unpaired) electrons. The summed E-state index contributed by atoms with van der Waals surface area (Å²) in [5.74, 6) is -4.55. The van der Waals surface area contributed by atoms with Crippen molar-refractivity contribution < 1.29 is 31.9 Å². The van der Waals surface area contributed by atoms with Crippen molar-refractivity contribution in [3.05, 3.63) is 58.8 Å². The van der Waals surface area contributed by atoms with Gasteiger partial charge in [-0.1, -0.05) is 18.2 Å². The number of rotatable bonds is 5. The summed E-state index contributed by atoms with van der Waals surface area (Å²) >= 11 is 0. The lowest BCUT2D eigenvalue weighted by molar-refractivity contribution is -0.140. The van der Waals surface area contributed by atoms with Gasteiger partial charge in [-0.3, -0.25) is 0 Å². The summed E-state index contributed by atoms with van der Waals surface area (Å²) in [6.07, 6.45) is -5.98. The number of alkyl halides is 5. The van der Waals surface area contributed by atoms with E-state index in [4.69, 9.17) is 0 Å². The van der Waals surface area contributed by atoms with E-state index in [0.29, 0.717) is 16.8 Å². The molecular formula is C24H23F5N4O2. The molecule has 1 saturated heterocycles. The highest BCUT2D eigenvalue weighted by molar-refractivity contribution is 5.94. The molecule has 0 spiro atoms. The van der Waals surface area contributed by atoms with Crippen molar-refractivity contribution in [3.8, 4) is 0 Å². The Kier molecular flexibility index (Phi) is 6.29. The summed E-state index contributed by atoms with van der Waals surface area (Å²) < 4.78 is 69.0. The van der Waals surface area contributed by atoms with Crippen molar-refractivity contribution in [1.29, 1.82) is 0 Å². The summed E-state index contributed by atoms with van der Waals surface area (Å²) in [4.78, 5) is 21.0. The van der Waals surface area contributed by atoms with Gasteiger partial charge in [-0.2, -0.15) is 13.2 Å².